The highest BCUT2D eigenvalue weighted by Crippen LogP contribution is 2.39. The average Bonchev–Trinajstić information content (AvgIpc) is 3.14. The molecule has 2 aromatic carbocycles. The normalized spacial score (nSPS) is 17.2. The molecule has 1 N–H and O–H groups in total. The minimum absolute atomic E-state index is 0.144. The zero-order valence-corrected chi connectivity index (χ0v) is 16.6. The number of fused-ring (bicyclic) bond motifs is 1. The third-order valence-corrected chi connectivity index (χ3v) is 5.47. The van der Waals surface area contributed by atoms with Gasteiger partial charge in [0.25, 0.3) is 5.56 Å². The van der Waals surface area contributed by atoms with Crippen LogP contribution in [-0.2, 0) is 6.54 Å². The first-order valence-corrected chi connectivity index (χ1v) is 9.61. The number of nitrogens with one attached hydrogen (secondary N) is 1. The molecule has 1 aliphatic rings. The van der Waals surface area contributed by atoms with Crippen LogP contribution in [0.25, 0.3) is 10.9 Å². The van der Waals surface area contributed by atoms with Crippen LogP contribution in [0.1, 0.15) is 30.3 Å². The van der Waals surface area contributed by atoms with Crippen molar-refractivity contribution in [2.75, 3.05) is 20.8 Å². The molecule has 0 bridgehead atoms. The van der Waals surface area contributed by atoms with Gasteiger partial charge in [-0.3, -0.25) is 9.69 Å². The highest BCUT2D eigenvalue weighted by molar-refractivity contribution is 6.31. The molecule has 0 saturated carbocycles. The molecule has 1 aromatic heterocycles. The number of ether oxygens (including phenoxy) is 2. The molecule has 28 heavy (non-hydrogen) atoms. The van der Waals surface area contributed by atoms with Crippen LogP contribution in [0.15, 0.2) is 41.2 Å². The molecule has 3 aromatic rings. The molecule has 1 saturated heterocycles. The SMILES string of the molecule is COc1ccc([C@@H]2CCCN2Cc2nc3cc(Cl)ccc3c(=O)[nH]2)c(OC)c1. The largest absolute Gasteiger partial charge is 0.497 e. The van der Waals surface area contributed by atoms with Gasteiger partial charge in [0, 0.05) is 22.7 Å². The number of halogens is 1. The number of aromatic amines is 1. The van der Waals surface area contributed by atoms with Gasteiger partial charge >= 0.3 is 0 Å². The summed E-state index contributed by atoms with van der Waals surface area (Å²) in [6.07, 6.45) is 2.09. The van der Waals surface area contributed by atoms with Crippen LogP contribution in [0, 0.1) is 0 Å². The number of hydrogen-bond donors (Lipinski definition) is 1. The third kappa shape index (κ3) is 3.57. The highest BCUT2D eigenvalue weighted by Gasteiger charge is 2.29. The Balaban J connectivity index is 1.65. The van der Waals surface area contributed by atoms with E-state index in [1.807, 2.05) is 12.1 Å². The van der Waals surface area contributed by atoms with Crippen molar-refractivity contribution in [2.45, 2.75) is 25.4 Å². The van der Waals surface area contributed by atoms with E-state index in [0.29, 0.717) is 28.3 Å². The van der Waals surface area contributed by atoms with Crippen molar-refractivity contribution in [2.24, 2.45) is 0 Å². The van der Waals surface area contributed by atoms with Crippen LogP contribution in [0.3, 0.4) is 0 Å². The second kappa shape index (κ2) is 7.81. The Morgan fingerprint density at radius 3 is 2.86 bits per heavy atom. The lowest BCUT2D eigenvalue weighted by molar-refractivity contribution is 0.237. The maximum Gasteiger partial charge on any atom is 0.258 e. The summed E-state index contributed by atoms with van der Waals surface area (Å²) in [7, 11) is 3.31. The van der Waals surface area contributed by atoms with Gasteiger partial charge in [0.2, 0.25) is 0 Å². The van der Waals surface area contributed by atoms with E-state index < -0.39 is 0 Å². The van der Waals surface area contributed by atoms with Gasteiger partial charge in [-0.1, -0.05) is 17.7 Å². The van der Waals surface area contributed by atoms with Crippen LogP contribution in [-0.4, -0.2) is 35.6 Å². The van der Waals surface area contributed by atoms with Gasteiger partial charge in [0.1, 0.15) is 17.3 Å². The number of benzene rings is 2. The molecular weight excluding hydrogens is 378 g/mol. The van der Waals surface area contributed by atoms with Crippen molar-refractivity contribution >= 4 is 22.5 Å². The molecule has 0 aliphatic carbocycles. The Kier molecular flexibility index (Phi) is 5.24. The van der Waals surface area contributed by atoms with Crippen molar-refractivity contribution in [1.82, 2.24) is 14.9 Å². The van der Waals surface area contributed by atoms with Crippen LogP contribution >= 0.6 is 11.6 Å². The Labute approximate surface area is 168 Å². The second-order valence-electron chi connectivity index (χ2n) is 6.91. The lowest BCUT2D eigenvalue weighted by atomic mass is 10.0. The molecule has 7 heteroatoms. The molecule has 2 heterocycles. The van der Waals surface area contributed by atoms with Crippen LogP contribution in [0.2, 0.25) is 5.02 Å². The molecule has 1 atom stereocenters. The summed E-state index contributed by atoms with van der Waals surface area (Å²) in [5, 5.41) is 1.11. The Hall–Kier alpha value is -2.57. The number of H-pyrrole nitrogens is 1. The number of hydrogen-bond acceptors (Lipinski definition) is 5. The highest BCUT2D eigenvalue weighted by atomic mass is 35.5. The molecule has 0 radical (unpaired) electrons. The lowest BCUT2D eigenvalue weighted by Gasteiger charge is -2.26. The van der Waals surface area contributed by atoms with Gasteiger partial charge in [-0.25, -0.2) is 4.98 Å². The van der Waals surface area contributed by atoms with E-state index in [2.05, 4.69) is 20.9 Å². The topological polar surface area (TPSA) is 67.5 Å². The van der Waals surface area contributed by atoms with E-state index in [1.54, 1.807) is 32.4 Å². The van der Waals surface area contributed by atoms with Crippen molar-refractivity contribution in [3.05, 3.63) is 63.2 Å². The average molecular weight is 400 g/mol. The van der Waals surface area contributed by atoms with Gasteiger partial charge in [0.05, 0.1) is 31.7 Å². The summed E-state index contributed by atoms with van der Waals surface area (Å²) in [6, 6.07) is 11.2. The van der Waals surface area contributed by atoms with Crippen molar-refractivity contribution in [3.63, 3.8) is 0 Å². The first-order chi connectivity index (χ1) is 13.6. The fraction of sp³-hybridized carbons (Fsp3) is 0.333. The standard InChI is InChI=1S/C21H22ClN3O3/c1-27-14-6-8-16(19(11-14)28-2)18-4-3-9-25(18)12-20-23-17-10-13(22)5-7-15(17)21(26)24-20/h5-8,10-11,18H,3-4,9,12H2,1-2H3,(H,23,24,26)/t18-/m0/s1. The van der Waals surface area contributed by atoms with Gasteiger partial charge in [-0.15, -0.1) is 0 Å². The maximum absolute atomic E-state index is 12.4. The molecule has 4 rings (SSSR count). The van der Waals surface area contributed by atoms with Gasteiger partial charge in [0.15, 0.2) is 0 Å². The zero-order valence-electron chi connectivity index (χ0n) is 15.9. The summed E-state index contributed by atoms with van der Waals surface area (Å²) in [5.41, 5.74) is 1.59. The van der Waals surface area contributed by atoms with Gasteiger partial charge < -0.3 is 14.5 Å². The summed E-state index contributed by atoms with van der Waals surface area (Å²) in [4.78, 5) is 22.3. The predicted octanol–water partition coefficient (Wildman–Crippen LogP) is 3.93. The molecule has 146 valence electrons. The number of rotatable bonds is 5. The summed E-state index contributed by atoms with van der Waals surface area (Å²) < 4.78 is 10.9. The monoisotopic (exact) mass is 399 g/mol. The van der Waals surface area contributed by atoms with E-state index >= 15 is 0 Å². The number of nitrogens with zero attached hydrogens (tertiary/aromatic N) is 2. The number of likely N-dealkylation sites (tertiary alicyclic amines) is 1. The van der Waals surface area contributed by atoms with Crippen LogP contribution < -0.4 is 15.0 Å². The summed E-state index contributed by atoms with van der Waals surface area (Å²) in [6.45, 7) is 1.48. The molecule has 6 nitrogen and oxygen atoms in total. The van der Waals surface area contributed by atoms with Crippen molar-refractivity contribution < 1.29 is 9.47 Å². The predicted molar refractivity (Wildman–Crippen MR) is 109 cm³/mol. The molecule has 0 spiro atoms. The van der Waals surface area contributed by atoms with Crippen molar-refractivity contribution in [1.29, 1.82) is 0 Å². The first-order valence-electron chi connectivity index (χ1n) is 9.23. The van der Waals surface area contributed by atoms with E-state index in [0.717, 1.165) is 36.4 Å². The Morgan fingerprint density at radius 2 is 2.07 bits per heavy atom. The zero-order chi connectivity index (χ0) is 19.7. The molecule has 0 amide bonds. The molecular formula is C21H22ClN3O3. The minimum Gasteiger partial charge on any atom is -0.497 e. The van der Waals surface area contributed by atoms with Gasteiger partial charge in [-0.2, -0.15) is 0 Å². The number of aromatic nitrogens is 2. The maximum atomic E-state index is 12.4. The smallest absolute Gasteiger partial charge is 0.258 e. The van der Waals surface area contributed by atoms with Crippen molar-refractivity contribution in [3.8, 4) is 11.5 Å². The fourth-order valence-corrected chi connectivity index (χ4v) is 4.06. The third-order valence-electron chi connectivity index (χ3n) is 5.23. The quantitative estimate of drug-likeness (QED) is 0.704. The van der Waals surface area contributed by atoms with Crippen LogP contribution in [0.4, 0.5) is 0 Å². The van der Waals surface area contributed by atoms with Gasteiger partial charge in [-0.05, 0) is 43.7 Å². The second-order valence-corrected chi connectivity index (χ2v) is 7.35. The summed E-state index contributed by atoms with van der Waals surface area (Å²) in [5.74, 6) is 2.21. The minimum atomic E-state index is -0.144. The number of methoxy groups -OCH3 is 2. The molecule has 1 aliphatic heterocycles. The van der Waals surface area contributed by atoms with E-state index in [4.69, 9.17) is 21.1 Å². The molecule has 0 unspecified atom stereocenters. The van der Waals surface area contributed by atoms with Crippen LogP contribution in [0.5, 0.6) is 11.5 Å². The first kappa shape index (κ1) is 18.8. The van der Waals surface area contributed by atoms with E-state index in [-0.39, 0.29) is 11.6 Å². The Morgan fingerprint density at radius 1 is 1.21 bits per heavy atom. The lowest BCUT2D eigenvalue weighted by Crippen LogP contribution is -2.26. The summed E-state index contributed by atoms with van der Waals surface area (Å²) >= 11 is 6.07. The van der Waals surface area contributed by atoms with E-state index in [9.17, 15) is 4.79 Å². The Bertz CT molecular complexity index is 1070. The fourth-order valence-electron chi connectivity index (χ4n) is 3.89. The molecule has 1 fully saturated rings. The van der Waals surface area contributed by atoms with E-state index in [1.165, 1.54) is 0 Å².